The van der Waals surface area contributed by atoms with Crippen molar-refractivity contribution in [2.24, 2.45) is 0 Å². The quantitative estimate of drug-likeness (QED) is 0.511. The predicted molar refractivity (Wildman–Crippen MR) is 119 cm³/mol. The standard InChI is InChI=1S/C23H22N4O4S/c28-22(26-18-4-5-18)17-2-1-3-21(14-17)32(30,31)20-8-6-19(7-9-20)27-23(29)25-15-16-10-12-24-13-11-16/h1-3,6-14,18H,4-5,15H2,(H,26,28)(H2,25,27,29). The molecular weight excluding hydrogens is 428 g/mol. The molecule has 8 nitrogen and oxygen atoms in total. The molecule has 1 aliphatic rings. The van der Waals surface area contributed by atoms with Crippen LogP contribution in [0.5, 0.6) is 0 Å². The van der Waals surface area contributed by atoms with E-state index in [1.165, 1.54) is 36.4 Å². The first-order valence-electron chi connectivity index (χ1n) is 10.1. The number of carbonyl (C=O) groups is 2. The average molecular weight is 451 g/mol. The van der Waals surface area contributed by atoms with E-state index < -0.39 is 15.9 Å². The van der Waals surface area contributed by atoms with E-state index in [0.717, 1.165) is 18.4 Å². The van der Waals surface area contributed by atoms with Gasteiger partial charge in [0.25, 0.3) is 5.91 Å². The Hall–Kier alpha value is -3.72. The molecule has 1 fully saturated rings. The largest absolute Gasteiger partial charge is 0.349 e. The number of nitrogens with zero attached hydrogens (tertiary/aromatic N) is 1. The number of urea groups is 1. The lowest BCUT2D eigenvalue weighted by atomic mass is 10.2. The van der Waals surface area contributed by atoms with Crippen LogP contribution in [0.3, 0.4) is 0 Å². The van der Waals surface area contributed by atoms with E-state index in [1.54, 1.807) is 36.7 Å². The summed E-state index contributed by atoms with van der Waals surface area (Å²) >= 11 is 0. The summed E-state index contributed by atoms with van der Waals surface area (Å²) in [6.07, 6.45) is 5.18. The van der Waals surface area contributed by atoms with Crippen molar-refractivity contribution in [3.63, 3.8) is 0 Å². The topological polar surface area (TPSA) is 117 Å². The summed E-state index contributed by atoms with van der Waals surface area (Å²) in [6.45, 7) is 0.339. The maximum absolute atomic E-state index is 13.0. The second-order valence-electron chi connectivity index (χ2n) is 7.47. The zero-order valence-corrected chi connectivity index (χ0v) is 17.9. The Balaban J connectivity index is 1.41. The van der Waals surface area contributed by atoms with Gasteiger partial charge in [0.15, 0.2) is 0 Å². The maximum atomic E-state index is 13.0. The number of hydrogen-bond donors (Lipinski definition) is 3. The highest BCUT2D eigenvalue weighted by atomic mass is 32.2. The van der Waals surface area contributed by atoms with Gasteiger partial charge in [0, 0.05) is 36.2 Å². The van der Waals surface area contributed by atoms with Gasteiger partial charge in [0.2, 0.25) is 9.84 Å². The number of amides is 3. The average Bonchev–Trinajstić information content (AvgIpc) is 3.63. The van der Waals surface area contributed by atoms with E-state index in [1.807, 2.05) is 0 Å². The third-order valence-electron chi connectivity index (χ3n) is 4.94. The van der Waals surface area contributed by atoms with Crippen molar-refractivity contribution in [1.29, 1.82) is 0 Å². The second kappa shape index (κ2) is 9.19. The second-order valence-corrected chi connectivity index (χ2v) is 9.42. The van der Waals surface area contributed by atoms with Crippen LogP contribution in [0, 0.1) is 0 Å². The van der Waals surface area contributed by atoms with Crippen molar-refractivity contribution >= 4 is 27.5 Å². The summed E-state index contributed by atoms with van der Waals surface area (Å²) in [4.78, 5) is 28.4. The number of carbonyl (C=O) groups excluding carboxylic acids is 2. The molecule has 2 aromatic carbocycles. The van der Waals surface area contributed by atoms with Gasteiger partial charge in [-0.15, -0.1) is 0 Å². The molecule has 4 rings (SSSR count). The first-order valence-corrected chi connectivity index (χ1v) is 11.6. The van der Waals surface area contributed by atoms with Gasteiger partial charge in [0.05, 0.1) is 9.79 Å². The number of aromatic nitrogens is 1. The van der Waals surface area contributed by atoms with Crippen LogP contribution in [-0.4, -0.2) is 31.4 Å². The number of anilines is 1. The fourth-order valence-corrected chi connectivity index (χ4v) is 4.32. The first-order chi connectivity index (χ1) is 15.4. The Morgan fingerprint density at radius 1 is 0.938 bits per heavy atom. The molecular formula is C23H22N4O4S. The lowest BCUT2D eigenvalue weighted by Gasteiger charge is -2.10. The van der Waals surface area contributed by atoms with E-state index in [-0.39, 0.29) is 21.7 Å². The number of benzene rings is 2. The first kappa shape index (κ1) is 21.5. The van der Waals surface area contributed by atoms with Gasteiger partial charge in [-0.25, -0.2) is 13.2 Å². The van der Waals surface area contributed by atoms with Gasteiger partial charge in [-0.2, -0.15) is 0 Å². The number of nitrogens with one attached hydrogen (secondary N) is 3. The zero-order chi connectivity index (χ0) is 22.6. The molecule has 0 saturated heterocycles. The molecule has 164 valence electrons. The molecule has 9 heteroatoms. The Kier molecular flexibility index (Phi) is 6.18. The third kappa shape index (κ3) is 5.30. The zero-order valence-electron chi connectivity index (χ0n) is 17.1. The lowest BCUT2D eigenvalue weighted by Crippen LogP contribution is -2.28. The molecule has 0 radical (unpaired) electrons. The number of hydrogen-bond acceptors (Lipinski definition) is 5. The van der Waals surface area contributed by atoms with E-state index >= 15 is 0 Å². The molecule has 3 N–H and O–H groups in total. The van der Waals surface area contributed by atoms with Crippen molar-refractivity contribution in [3.8, 4) is 0 Å². The minimum Gasteiger partial charge on any atom is -0.349 e. The fourth-order valence-electron chi connectivity index (χ4n) is 3.01. The Labute approximate surface area is 186 Å². The SMILES string of the molecule is O=C(NCc1ccncc1)Nc1ccc(S(=O)(=O)c2cccc(C(=O)NC3CC3)c2)cc1. The van der Waals surface area contributed by atoms with Crippen LogP contribution in [0.4, 0.5) is 10.5 Å². The highest BCUT2D eigenvalue weighted by Crippen LogP contribution is 2.24. The fraction of sp³-hybridized carbons (Fsp3) is 0.174. The number of pyridine rings is 1. The summed E-state index contributed by atoms with van der Waals surface area (Å²) in [6, 6.07) is 15.2. The van der Waals surface area contributed by atoms with Crippen molar-refractivity contribution in [3.05, 3.63) is 84.2 Å². The Morgan fingerprint density at radius 2 is 1.66 bits per heavy atom. The van der Waals surface area contributed by atoms with Gasteiger partial charge in [-0.05, 0) is 73.0 Å². The van der Waals surface area contributed by atoms with E-state index in [2.05, 4.69) is 20.9 Å². The minimum atomic E-state index is -3.81. The van der Waals surface area contributed by atoms with E-state index in [0.29, 0.717) is 17.8 Å². The van der Waals surface area contributed by atoms with Crippen LogP contribution < -0.4 is 16.0 Å². The van der Waals surface area contributed by atoms with Crippen molar-refractivity contribution < 1.29 is 18.0 Å². The maximum Gasteiger partial charge on any atom is 0.319 e. The van der Waals surface area contributed by atoms with Crippen LogP contribution in [0.25, 0.3) is 0 Å². The van der Waals surface area contributed by atoms with Gasteiger partial charge < -0.3 is 16.0 Å². The summed E-state index contributed by atoms with van der Waals surface area (Å²) in [5.41, 5.74) is 1.67. The number of rotatable bonds is 7. The molecule has 3 aromatic rings. The normalized spacial score (nSPS) is 13.2. The van der Waals surface area contributed by atoms with Gasteiger partial charge in [-0.3, -0.25) is 9.78 Å². The monoisotopic (exact) mass is 450 g/mol. The molecule has 0 spiro atoms. The van der Waals surface area contributed by atoms with Crippen molar-refractivity contribution in [1.82, 2.24) is 15.6 Å². The van der Waals surface area contributed by atoms with Crippen LogP contribution in [-0.2, 0) is 16.4 Å². The third-order valence-corrected chi connectivity index (χ3v) is 6.71. The molecule has 0 bridgehead atoms. The minimum absolute atomic E-state index is 0.0387. The molecule has 0 atom stereocenters. The molecule has 32 heavy (non-hydrogen) atoms. The summed E-state index contributed by atoms with van der Waals surface area (Å²) in [5.74, 6) is -0.276. The van der Waals surface area contributed by atoms with E-state index in [9.17, 15) is 18.0 Å². The summed E-state index contributed by atoms with van der Waals surface area (Å²) < 4.78 is 26.0. The van der Waals surface area contributed by atoms with Gasteiger partial charge in [-0.1, -0.05) is 6.07 Å². The molecule has 1 aliphatic carbocycles. The van der Waals surface area contributed by atoms with Gasteiger partial charge >= 0.3 is 6.03 Å². The Bertz CT molecular complexity index is 1220. The predicted octanol–water partition coefficient (Wildman–Crippen LogP) is 3.13. The molecule has 1 saturated carbocycles. The van der Waals surface area contributed by atoms with E-state index in [4.69, 9.17) is 0 Å². The summed E-state index contributed by atoms with van der Waals surface area (Å²) in [7, 11) is -3.81. The van der Waals surface area contributed by atoms with Crippen LogP contribution in [0.1, 0.15) is 28.8 Å². The van der Waals surface area contributed by atoms with Crippen LogP contribution in [0.2, 0.25) is 0 Å². The smallest absolute Gasteiger partial charge is 0.319 e. The van der Waals surface area contributed by atoms with Crippen LogP contribution >= 0.6 is 0 Å². The molecule has 1 heterocycles. The lowest BCUT2D eigenvalue weighted by molar-refractivity contribution is 0.0951. The molecule has 0 unspecified atom stereocenters. The number of sulfone groups is 1. The van der Waals surface area contributed by atoms with Gasteiger partial charge in [0.1, 0.15) is 0 Å². The van der Waals surface area contributed by atoms with Crippen molar-refractivity contribution in [2.45, 2.75) is 35.2 Å². The molecule has 0 aliphatic heterocycles. The Morgan fingerprint density at radius 3 is 2.34 bits per heavy atom. The highest BCUT2D eigenvalue weighted by molar-refractivity contribution is 7.91. The van der Waals surface area contributed by atoms with Crippen LogP contribution in [0.15, 0.2) is 82.8 Å². The van der Waals surface area contributed by atoms with Crippen molar-refractivity contribution in [2.75, 3.05) is 5.32 Å². The molecule has 1 aromatic heterocycles. The summed E-state index contributed by atoms with van der Waals surface area (Å²) in [5, 5.41) is 8.24. The molecule has 3 amide bonds. The highest BCUT2D eigenvalue weighted by Gasteiger charge is 2.25.